The average Bonchev–Trinajstić information content (AvgIpc) is 2.35. The number of ether oxygens (including phenoxy) is 1. The summed E-state index contributed by atoms with van der Waals surface area (Å²) < 4.78 is 42.3. The van der Waals surface area contributed by atoms with Crippen molar-refractivity contribution in [1.29, 1.82) is 5.26 Å². The minimum Gasteiger partial charge on any atom is -0.462 e. The zero-order chi connectivity index (χ0) is 15.3. The van der Waals surface area contributed by atoms with Crippen LogP contribution in [0.15, 0.2) is 17.0 Å². The fourth-order valence-corrected chi connectivity index (χ4v) is 2.45. The number of benzene rings is 1. The van der Waals surface area contributed by atoms with E-state index in [4.69, 9.17) is 21.6 Å². The fraction of sp³-hybridized carbons (Fsp3) is 0.333. The minimum absolute atomic E-state index is 0.000415. The summed E-state index contributed by atoms with van der Waals surface area (Å²) in [7, 11) is 0. The number of thioether (sulfide) groups is 1. The maximum atomic E-state index is 12.5. The van der Waals surface area contributed by atoms with Crippen molar-refractivity contribution in [3.8, 4) is 6.07 Å². The maximum Gasteiger partial charge on any atom is 0.446 e. The van der Waals surface area contributed by atoms with Crippen molar-refractivity contribution in [3.05, 3.63) is 28.8 Å². The van der Waals surface area contributed by atoms with E-state index in [1.807, 2.05) is 0 Å². The van der Waals surface area contributed by atoms with E-state index in [2.05, 4.69) is 0 Å². The number of nitriles is 1. The predicted octanol–water partition coefficient (Wildman–Crippen LogP) is 4.09. The SMILES string of the molecule is CCOC(=O)c1c(CCl)cc(C#N)cc1SC(F)(F)F. The Kier molecular flexibility index (Phi) is 5.72. The molecule has 20 heavy (non-hydrogen) atoms. The van der Waals surface area contributed by atoms with Crippen LogP contribution in [0.4, 0.5) is 13.2 Å². The fourth-order valence-electron chi connectivity index (χ4n) is 1.48. The van der Waals surface area contributed by atoms with Crippen molar-refractivity contribution in [2.45, 2.75) is 23.2 Å². The van der Waals surface area contributed by atoms with Gasteiger partial charge >= 0.3 is 11.5 Å². The lowest BCUT2D eigenvalue weighted by Gasteiger charge is -2.14. The third-order valence-corrected chi connectivity index (χ3v) is 3.22. The highest BCUT2D eigenvalue weighted by Gasteiger charge is 2.33. The van der Waals surface area contributed by atoms with E-state index in [9.17, 15) is 18.0 Å². The second-order valence-electron chi connectivity index (χ2n) is 3.52. The molecule has 0 aliphatic rings. The molecule has 1 rings (SSSR count). The second-order valence-corrected chi connectivity index (χ2v) is 4.90. The molecule has 0 saturated heterocycles. The van der Waals surface area contributed by atoms with Crippen LogP contribution in [0.25, 0.3) is 0 Å². The van der Waals surface area contributed by atoms with E-state index >= 15 is 0 Å². The topological polar surface area (TPSA) is 50.1 Å². The first-order chi connectivity index (χ1) is 9.32. The molecular weight excluding hydrogens is 315 g/mol. The quantitative estimate of drug-likeness (QED) is 0.476. The first kappa shape index (κ1) is 16.7. The molecule has 0 heterocycles. The van der Waals surface area contributed by atoms with Crippen molar-refractivity contribution in [2.24, 2.45) is 0 Å². The molecule has 0 spiro atoms. The van der Waals surface area contributed by atoms with Crippen LogP contribution >= 0.6 is 23.4 Å². The van der Waals surface area contributed by atoms with Gasteiger partial charge in [-0.1, -0.05) is 0 Å². The smallest absolute Gasteiger partial charge is 0.446 e. The summed E-state index contributed by atoms with van der Waals surface area (Å²) in [4.78, 5) is 11.4. The van der Waals surface area contributed by atoms with Crippen LogP contribution in [0.2, 0.25) is 0 Å². The van der Waals surface area contributed by atoms with E-state index < -0.39 is 23.2 Å². The third-order valence-electron chi connectivity index (χ3n) is 2.16. The van der Waals surface area contributed by atoms with Gasteiger partial charge in [0.25, 0.3) is 0 Å². The Morgan fingerprint density at radius 1 is 1.50 bits per heavy atom. The highest BCUT2D eigenvalue weighted by Crippen LogP contribution is 2.40. The molecule has 0 atom stereocenters. The first-order valence-corrected chi connectivity index (χ1v) is 6.73. The molecule has 0 radical (unpaired) electrons. The molecule has 0 aliphatic heterocycles. The van der Waals surface area contributed by atoms with Crippen molar-refractivity contribution < 1.29 is 22.7 Å². The van der Waals surface area contributed by atoms with Gasteiger partial charge in [0, 0.05) is 10.8 Å². The van der Waals surface area contributed by atoms with Gasteiger partial charge in [-0.25, -0.2) is 4.79 Å². The number of alkyl halides is 4. The molecule has 1 aromatic carbocycles. The van der Waals surface area contributed by atoms with E-state index in [0.29, 0.717) is 0 Å². The lowest BCUT2D eigenvalue weighted by Crippen LogP contribution is -2.12. The molecule has 1 aromatic rings. The Bertz CT molecular complexity index is 555. The molecule has 0 fully saturated rings. The Balaban J connectivity index is 3.43. The van der Waals surface area contributed by atoms with E-state index in [1.165, 1.54) is 6.07 Å². The van der Waals surface area contributed by atoms with Gasteiger partial charge in [-0.15, -0.1) is 11.6 Å². The number of hydrogen-bond donors (Lipinski definition) is 0. The van der Waals surface area contributed by atoms with Gasteiger partial charge in [0.1, 0.15) is 0 Å². The average molecular weight is 324 g/mol. The molecule has 0 unspecified atom stereocenters. The van der Waals surface area contributed by atoms with Crippen LogP contribution < -0.4 is 0 Å². The lowest BCUT2D eigenvalue weighted by molar-refractivity contribution is -0.0328. The molecule has 3 nitrogen and oxygen atoms in total. The van der Waals surface area contributed by atoms with Crippen molar-refractivity contribution in [2.75, 3.05) is 6.61 Å². The van der Waals surface area contributed by atoms with Crippen LogP contribution in [-0.2, 0) is 10.6 Å². The van der Waals surface area contributed by atoms with Crippen molar-refractivity contribution in [3.63, 3.8) is 0 Å². The van der Waals surface area contributed by atoms with Gasteiger partial charge < -0.3 is 4.74 Å². The summed E-state index contributed by atoms with van der Waals surface area (Å²) in [6, 6.07) is 4.01. The Hall–Kier alpha value is -1.39. The van der Waals surface area contributed by atoms with E-state index in [-0.39, 0.29) is 34.1 Å². The lowest BCUT2D eigenvalue weighted by atomic mass is 10.1. The van der Waals surface area contributed by atoms with Crippen LogP contribution in [0, 0.1) is 11.3 Å². The molecule has 0 aliphatic carbocycles. The molecule has 0 amide bonds. The molecular formula is C12H9ClF3NO2S. The summed E-state index contributed by atoms with van der Waals surface area (Å²) in [6.07, 6.45) is 0. The monoisotopic (exact) mass is 323 g/mol. The molecule has 0 bridgehead atoms. The summed E-state index contributed by atoms with van der Waals surface area (Å²) in [5.74, 6) is -1.09. The van der Waals surface area contributed by atoms with Gasteiger partial charge in [0.05, 0.1) is 23.8 Å². The van der Waals surface area contributed by atoms with Crippen molar-refractivity contribution >= 4 is 29.3 Å². The number of nitrogens with zero attached hydrogens (tertiary/aromatic N) is 1. The molecule has 0 aromatic heterocycles. The minimum atomic E-state index is -4.58. The van der Waals surface area contributed by atoms with E-state index in [1.54, 1.807) is 13.0 Å². The number of hydrogen-bond acceptors (Lipinski definition) is 4. The van der Waals surface area contributed by atoms with Crippen molar-refractivity contribution in [1.82, 2.24) is 0 Å². The number of rotatable bonds is 4. The van der Waals surface area contributed by atoms with Gasteiger partial charge in [-0.2, -0.15) is 18.4 Å². The van der Waals surface area contributed by atoms with Crippen LogP contribution in [-0.4, -0.2) is 18.1 Å². The van der Waals surface area contributed by atoms with Crippen LogP contribution in [0.5, 0.6) is 0 Å². The highest BCUT2D eigenvalue weighted by molar-refractivity contribution is 8.00. The number of carbonyl (C=O) groups excluding carboxylic acids is 1. The maximum absolute atomic E-state index is 12.5. The largest absolute Gasteiger partial charge is 0.462 e. The molecule has 0 N–H and O–H groups in total. The number of carbonyl (C=O) groups is 1. The first-order valence-electron chi connectivity index (χ1n) is 5.38. The third kappa shape index (κ3) is 4.32. The summed E-state index contributed by atoms with van der Waals surface area (Å²) in [5, 5.41) is 8.81. The zero-order valence-corrected chi connectivity index (χ0v) is 11.8. The van der Waals surface area contributed by atoms with Gasteiger partial charge in [0.2, 0.25) is 0 Å². The summed E-state index contributed by atoms with van der Waals surface area (Å²) >= 11 is 5.17. The molecule has 8 heteroatoms. The Labute approximate surface area is 122 Å². The zero-order valence-electron chi connectivity index (χ0n) is 10.3. The summed E-state index contributed by atoms with van der Waals surface area (Å²) in [6.45, 7) is 1.56. The standard InChI is InChI=1S/C12H9ClF3NO2S/c1-2-19-11(18)10-8(5-13)3-7(6-17)4-9(10)20-12(14,15)16/h3-4H,2,5H2,1H3. The Morgan fingerprint density at radius 2 is 2.15 bits per heavy atom. The van der Waals surface area contributed by atoms with Gasteiger partial charge in [-0.05, 0) is 36.4 Å². The highest BCUT2D eigenvalue weighted by atomic mass is 35.5. The van der Waals surface area contributed by atoms with Gasteiger partial charge in [-0.3, -0.25) is 0 Å². The summed E-state index contributed by atoms with van der Waals surface area (Å²) in [5.41, 5.74) is -4.70. The predicted molar refractivity (Wildman–Crippen MR) is 68.6 cm³/mol. The Morgan fingerprint density at radius 3 is 2.60 bits per heavy atom. The molecule has 108 valence electrons. The van der Waals surface area contributed by atoms with Crippen LogP contribution in [0.1, 0.15) is 28.4 Å². The second kappa shape index (κ2) is 6.86. The normalized spacial score (nSPS) is 11.0. The number of halogens is 4. The molecule has 0 saturated carbocycles. The van der Waals surface area contributed by atoms with Crippen LogP contribution in [0.3, 0.4) is 0 Å². The van der Waals surface area contributed by atoms with Gasteiger partial charge in [0.15, 0.2) is 0 Å². The van der Waals surface area contributed by atoms with E-state index in [0.717, 1.165) is 6.07 Å². The number of esters is 1.